The molecule has 0 radical (unpaired) electrons. The molecule has 0 aliphatic carbocycles. The Balaban J connectivity index is 2.86. The number of hydrogen-bond donors (Lipinski definition) is 0. The minimum atomic E-state index is -3.44. The number of benzene rings is 1. The van der Waals surface area contributed by atoms with Crippen LogP contribution in [0.25, 0.3) is 0 Å². The molecule has 0 amide bonds. The highest BCUT2D eigenvalue weighted by atomic mass is 31.2. The lowest BCUT2D eigenvalue weighted by Gasteiger charge is -2.23. The molecule has 1 rings (SSSR count). The van der Waals surface area contributed by atoms with Gasteiger partial charge in [0.25, 0.3) is 0 Å². The van der Waals surface area contributed by atoms with Gasteiger partial charge in [-0.25, -0.2) is 0 Å². The molecular weight excluding hydrogens is 766 g/mol. The summed E-state index contributed by atoms with van der Waals surface area (Å²) in [5, 5.41) is 0. The molecule has 0 bridgehead atoms. The fourth-order valence-corrected chi connectivity index (χ4v) is 11.0. The zero-order chi connectivity index (χ0) is 42.4. The van der Waals surface area contributed by atoms with Crippen LogP contribution in [0.2, 0.25) is 0 Å². The van der Waals surface area contributed by atoms with Crippen molar-refractivity contribution in [2.45, 2.75) is 234 Å². The first-order valence-corrected chi connectivity index (χ1v) is 27.9. The van der Waals surface area contributed by atoms with Crippen molar-refractivity contribution >= 4 is 15.2 Å². The molecule has 0 saturated carbocycles. The lowest BCUT2D eigenvalue weighted by molar-refractivity contribution is 0.216. The van der Waals surface area contributed by atoms with E-state index in [-0.39, 0.29) is 38.8 Å². The maximum Gasteiger partial charge on any atom is 0.335 e. The molecule has 58 heavy (non-hydrogen) atoms. The van der Waals surface area contributed by atoms with Gasteiger partial charge in [0.15, 0.2) is 0 Å². The summed E-state index contributed by atoms with van der Waals surface area (Å²) in [4.78, 5) is 0. The Morgan fingerprint density at radius 2 is 0.569 bits per heavy atom. The summed E-state index contributed by atoms with van der Waals surface area (Å²) < 4.78 is 63.4. The van der Waals surface area contributed by atoms with Crippen LogP contribution < -0.4 is 9.47 Å². The molecule has 0 N–H and O–H groups in total. The molecule has 0 aromatic heterocycles. The van der Waals surface area contributed by atoms with E-state index in [1.807, 2.05) is 39.8 Å². The van der Waals surface area contributed by atoms with Gasteiger partial charge in [0, 0.05) is 11.1 Å². The Hall–Kier alpha value is -0.880. The van der Waals surface area contributed by atoms with Crippen molar-refractivity contribution in [2.75, 3.05) is 39.6 Å². The Kier molecular flexibility index (Phi) is 36.0. The van der Waals surface area contributed by atoms with Crippen molar-refractivity contribution < 1.29 is 36.7 Å². The van der Waals surface area contributed by atoms with Crippen molar-refractivity contribution in [2.24, 2.45) is 0 Å². The third-order valence-electron chi connectivity index (χ3n) is 10.8. The largest absolute Gasteiger partial charge is 0.493 e. The van der Waals surface area contributed by atoms with E-state index in [1.165, 1.54) is 154 Å². The Morgan fingerprint density at radius 1 is 0.345 bits per heavy atom. The minimum absolute atomic E-state index is 0.0623. The van der Waals surface area contributed by atoms with E-state index in [2.05, 4.69) is 13.8 Å². The molecule has 1 aromatic carbocycles. The van der Waals surface area contributed by atoms with Gasteiger partial charge in [0.05, 0.1) is 52.0 Å². The smallest absolute Gasteiger partial charge is 0.335 e. The zero-order valence-electron chi connectivity index (χ0n) is 38.8. The molecule has 0 aliphatic heterocycles. The molecule has 0 heterocycles. The van der Waals surface area contributed by atoms with E-state index in [0.717, 1.165) is 25.7 Å². The fourth-order valence-electron chi connectivity index (χ4n) is 7.58. The summed E-state index contributed by atoms with van der Waals surface area (Å²) in [7, 11) is -6.89. The van der Waals surface area contributed by atoms with Crippen molar-refractivity contribution in [3.8, 4) is 11.5 Å². The van der Waals surface area contributed by atoms with Crippen molar-refractivity contribution in [1.82, 2.24) is 0 Å². The van der Waals surface area contributed by atoms with Gasteiger partial charge in [-0.05, 0) is 52.7 Å². The molecule has 1 aromatic rings. The first kappa shape index (κ1) is 55.1. The van der Waals surface area contributed by atoms with Gasteiger partial charge in [0.2, 0.25) is 0 Å². The molecular formula is C48H92O8P2. The molecule has 0 fully saturated rings. The van der Waals surface area contributed by atoms with Crippen LogP contribution in [-0.2, 0) is 39.5 Å². The Bertz CT molecular complexity index is 1070. The lowest BCUT2D eigenvalue weighted by Crippen LogP contribution is -2.08. The van der Waals surface area contributed by atoms with Crippen LogP contribution in [-0.4, -0.2) is 39.6 Å². The fraction of sp³-hybridized carbons (Fsp3) is 0.875. The Morgan fingerprint density at radius 3 is 0.793 bits per heavy atom. The second-order valence-corrected chi connectivity index (χ2v) is 20.3. The van der Waals surface area contributed by atoms with Crippen LogP contribution in [0.5, 0.6) is 11.5 Å². The molecule has 0 unspecified atom stereocenters. The SMILES string of the molecule is CCCCCCCCCCCCCCCCOc1cc(CP(=O)(OCC)OCC)c(OCCCCCCCCCCCCCCCC)cc1CP(=O)(OCC)OCC. The predicted molar refractivity (Wildman–Crippen MR) is 247 cm³/mol. The van der Waals surface area contributed by atoms with Gasteiger partial charge < -0.3 is 27.6 Å². The summed E-state index contributed by atoms with van der Waals surface area (Å²) in [5.41, 5.74) is 1.41. The molecule has 0 atom stereocenters. The van der Waals surface area contributed by atoms with E-state index in [1.54, 1.807) is 0 Å². The molecule has 0 saturated heterocycles. The van der Waals surface area contributed by atoms with Crippen LogP contribution in [0.4, 0.5) is 0 Å². The monoisotopic (exact) mass is 859 g/mol. The quantitative estimate of drug-likeness (QED) is 0.0473. The predicted octanol–water partition coefficient (Wildman–Crippen LogP) is 16.9. The molecule has 0 spiro atoms. The standard InChI is InChI=1S/C48H92O8P2/c1-7-13-15-17-19-21-23-25-27-29-31-33-35-37-39-51-47-41-46(44-58(50,55-11-5)56-12-6)48(42-45(47)43-57(49,53-9-3)54-10-4)52-40-38-36-34-32-30-28-26-24-22-20-18-16-14-8-2/h41-42H,7-40,43-44H2,1-6H3. The summed E-state index contributed by atoms with van der Waals surface area (Å²) in [6, 6.07) is 3.79. The average Bonchev–Trinajstić information content (AvgIpc) is 3.19. The zero-order valence-corrected chi connectivity index (χ0v) is 40.6. The van der Waals surface area contributed by atoms with Crippen LogP contribution in [0.15, 0.2) is 12.1 Å². The van der Waals surface area contributed by atoms with Crippen LogP contribution in [0, 0.1) is 0 Å². The summed E-state index contributed by atoms with van der Waals surface area (Å²) >= 11 is 0. The normalized spacial score (nSPS) is 12.1. The van der Waals surface area contributed by atoms with E-state index < -0.39 is 15.2 Å². The van der Waals surface area contributed by atoms with E-state index in [0.29, 0.717) is 35.8 Å². The highest BCUT2D eigenvalue weighted by Gasteiger charge is 2.30. The van der Waals surface area contributed by atoms with Crippen LogP contribution in [0.1, 0.15) is 232 Å². The molecule has 342 valence electrons. The lowest BCUT2D eigenvalue weighted by atomic mass is 10.0. The average molecular weight is 859 g/mol. The minimum Gasteiger partial charge on any atom is -0.493 e. The number of ether oxygens (including phenoxy) is 2. The van der Waals surface area contributed by atoms with Crippen molar-refractivity contribution in [3.63, 3.8) is 0 Å². The van der Waals surface area contributed by atoms with Gasteiger partial charge in [-0.3, -0.25) is 9.13 Å². The van der Waals surface area contributed by atoms with Crippen LogP contribution in [0.3, 0.4) is 0 Å². The van der Waals surface area contributed by atoms with Gasteiger partial charge in [-0.1, -0.05) is 181 Å². The first-order valence-electron chi connectivity index (χ1n) is 24.5. The van der Waals surface area contributed by atoms with E-state index >= 15 is 0 Å². The van der Waals surface area contributed by atoms with E-state index in [4.69, 9.17) is 27.6 Å². The maximum absolute atomic E-state index is 13.8. The van der Waals surface area contributed by atoms with Gasteiger partial charge in [0.1, 0.15) is 11.5 Å². The number of rotatable bonds is 44. The van der Waals surface area contributed by atoms with Gasteiger partial charge >= 0.3 is 15.2 Å². The maximum atomic E-state index is 13.8. The third kappa shape index (κ3) is 28.6. The number of hydrogen-bond acceptors (Lipinski definition) is 8. The third-order valence-corrected chi connectivity index (χ3v) is 14.8. The highest BCUT2D eigenvalue weighted by molar-refractivity contribution is 7.53. The number of unbranched alkanes of at least 4 members (excludes halogenated alkanes) is 26. The molecule has 10 heteroatoms. The summed E-state index contributed by atoms with van der Waals surface area (Å²) in [5.74, 6) is 1.18. The second-order valence-electron chi connectivity index (χ2n) is 16.2. The summed E-state index contributed by atoms with van der Waals surface area (Å²) in [6.07, 6.45) is 36.3. The van der Waals surface area contributed by atoms with Crippen molar-refractivity contribution in [1.29, 1.82) is 0 Å². The first-order chi connectivity index (χ1) is 28.3. The molecule has 8 nitrogen and oxygen atoms in total. The topological polar surface area (TPSA) is 89.5 Å². The highest BCUT2D eigenvalue weighted by Crippen LogP contribution is 2.55. The van der Waals surface area contributed by atoms with Gasteiger partial charge in [-0.2, -0.15) is 0 Å². The Labute approximate surface area is 358 Å². The van der Waals surface area contributed by atoms with Crippen LogP contribution >= 0.6 is 15.2 Å². The van der Waals surface area contributed by atoms with Gasteiger partial charge in [-0.15, -0.1) is 0 Å². The molecule has 0 aliphatic rings. The van der Waals surface area contributed by atoms with Crippen molar-refractivity contribution in [3.05, 3.63) is 23.3 Å². The second kappa shape index (κ2) is 37.8. The van der Waals surface area contributed by atoms with E-state index in [9.17, 15) is 9.13 Å². The summed E-state index contributed by atoms with van der Waals surface area (Å²) in [6.45, 7) is 14.0.